The standard InChI is InChI=1S/C38H28N2O2/c1-2-3-22-41-35-20-19-28(30-14-9-21-39-37(30)35)36-25-11-5-4-10-24(25)23-32-26-12-8-13-31(27(26)17-18-29(32)36)38-40-33-15-6-7-16-34(33)42-38/h4-21,23H,2-3,22H2,1H3. The van der Waals surface area contributed by atoms with E-state index in [1.54, 1.807) is 0 Å². The van der Waals surface area contributed by atoms with E-state index in [4.69, 9.17) is 19.1 Å². The summed E-state index contributed by atoms with van der Waals surface area (Å²) in [4.78, 5) is 9.59. The van der Waals surface area contributed by atoms with E-state index in [1.807, 2.05) is 36.5 Å². The average Bonchev–Trinajstić information content (AvgIpc) is 3.48. The number of hydrogen-bond acceptors (Lipinski definition) is 4. The van der Waals surface area contributed by atoms with E-state index in [2.05, 4.69) is 85.8 Å². The van der Waals surface area contributed by atoms with Crippen LogP contribution in [0.1, 0.15) is 19.8 Å². The van der Waals surface area contributed by atoms with E-state index in [0.717, 1.165) is 57.1 Å². The Labute approximate surface area is 243 Å². The Balaban J connectivity index is 1.41. The monoisotopic (exact) mass is 544 g/mol. The third kappa shape index (κ3) is 3.91. The summed E-state index contributed by atoms with van der Waals surface area (Å²) in [7, 11) is 0. The Morgan fingerprint density at radius 1 is 0.667 bits per heavy atom. The first-order chi connectivity index (χ1) is 20.8. The van der Waals surface area contributed by atoms with Crippen LogP contribution in [0.3, 0.4) is 0 Å². The molecule has 0 radical (unpaired) electrons. The average molecular weight is 545 g/mol. The SMILES string of the molecule is CCCCOc1ccc(-c2c3ccccc3cc3c2ccc2c(-c4nc5ccccc5o4)cccc23)c2cccnc12. The van der Waals surface area contributed by atoms with E-state index in [1.165, 1.54) is 32.5 Å². The molecule has 0 saturated heterocycles. The largest absolute Gasteiger partial charge is 0.491 e. The number of aromatic nitrogens is 2. The number of oxazole rings is 1. The zero-order chi connectivity index (χ0) is 28.0. The van der Waals surface area contributed by atoms with Crippen molar-refractivity contribution in [2.45, 2.75) is 19.8 Å². The summed E-state index contributed by atoms with van der Waals surface area (Å²) in [5.74, 6) is 1.47. The number of unbranched alkanes of at least 4 members (excludes halogenated alkanes) is 1. The second-order valence-electron chi connectivity index (χ2n) is 10.7. The van der Waals surface area contributed by atoms with Crippen molar-refractivity contribution in [2.24, 2.45) is 0 Å². The summed E-state index contributed by atoms with van der Waals surface area (Å²) in [6, 6.07) is 38.2. The van der Waals surface area contributed by atoms with Gasteiger partial charge in [0.2, 0.25) is 5.89 Å². The van der Waals surface area contributed by atoms with Crippen molar-refractivity contribution >= 4 is 54.3 Å². The molecule has 0 fully saturated rings. The highest BCUT2D eigenvalue weighted by Gasteiger charge is 2.18. The quantitative estimate of drug-likeness (QED) is 0.119. The molecular weight excluding hydrogens is 516 g/mol. The maximum atomic E-state index is 6.20. The number of pyridine rings is 1. The Kier molecular flexibility index (Phi) is 5.85. The maximum absolute atomic E-state index is 6.20. The third-order valence-electron chi connectivity index (χ3n) is 8.18. The molecule has 0 bridgehead atoms. The zero-order valence-electron chi connectivity index (χ0n) is 23.3. The van der Waals surface area contributed by atoms with Gasteiger partial charge < -0.3 is 9.15 Å². The van der Waals surface area contributed by atoms with Gasteiger partial charge in [0, 0.05) is 17.1 Å². The lowest BCUT2D eigenvalue weighted by atomic mass is 9.87. The van der Waals surface area contributed by atoms with Gasteiger partial charge in [-0.05, 0) is 92.3 Å². The summed E-state index contributed by atoms with van der Waals surface area (Å²) in [5.41, 5.74) is 5.89. The molecule has 0 saturated carbocycles. The molecule has 0 amide bonds. The second kappa shape index (κ2) is 10.0. The minimum absolute atomic E-state index is 0.637. The molecule has 0 aliphatic rings. The molecule has 4 nitrogen and oxygen atoms in total. The number of para-hydroxylation sites is 2. The van der Waals surface area contributed by atoms with Crippen molar-refractivity contribution in [3.05, 3.63) is 115 Å². The highest BCUT2D eigenvalue weighted by Crippen LogP contribution is 2.44. The topological polar surface area (TPSA) is 48.2 Å². The molecule has 202 valence electrons. The molecule has 0 aliphatic heterocycles. The normalized spacial score (nSPS) is 11.7. The van der Waals surface area contributed by atoms with Crippen molar-refractivity contribution in [2.75, 3.05) is 6.61 Å². The second-order valence-corrected chi connectivity index (χ2v) is 10.7. The van der Waals surface area contributed by atoms with Gasteiger partial charge in [-0.2, -0.15) is 0 Å². The summed E-state index contributed by atoms with van der Waals surface area (Å²) < 4.78 is 12.4. The predicted molar refractivity (Wildman–Crippen MR) is 173 cm³/mol. The highest BCUT2D eigenvalue weighted by molar-refractivity contribution is 6.23. The van der Waals surface area contributed by atoms with E-state index < -0.39 is 0 Å². The van der Waals surface area contributed by atoms with Crippen LogP contribution >= 0.6 is 0 Å². The van der Waals surface area contributed by atoms with Crippen molar-refractivity contribution in [1.82, 2.24) is 9.97 Å². The van der Waals surface area contributed by atoms with Gasteiger partial charge in [-0.1, -0.05) is 80.1 Å². The minimum atomic E-state index is 0.637. The summed E-state index contributed by atoms with van der Waals surface area (Å²) in [6.45, 7) is 2.86. The number of fused-ring (bicyclic) bond motifs is 6. The molecule has 0 atom stereocenters. The smallest absolute Gasteiger partial charge is 0.227 e. The van der Waals surface area contributed by atoms with E-state index in [9.17, 15) is 0 Å². The molecule has 42 heavy (non-hydrogen) atoms. The van der Waals surface area contributed by atoms with Crippen LogP contribution in [0, 0.1) is 0 Å². The fourth-order valence-corrected chi connectivity index (χ4v) is 6.18. The molecule has 8 aromatic rings. The number of rotatable bonds is 6. The van der Waals surface area contributed by atoms with Crippen molar-refractivity contribution in [1.29, 1.82) is 0 Å². The van der Waals surface area contributed by atoms with E-state index in [-0.39, 0.29) is 0 Å². The van der Waals surface area contributed by atoms with Crippen molar-refractivity contribution < 1.29 is 9.15 Å². The van der Waals surface area contributed by atoms with Gasteiger partial charge >= 0.3 is 0 Å². The number of hydrogen-bond donors (Lipinski definition) is 0. The van der Waals surface area contributed by atoms with E-state index in [0.29, 0.717) is 12.5 Å². The van der Waals surface area contributed by atoms with Crippen LogP contribution in [0.2, 0.25) is 0 Å². The Bertz CT molecular complexity index is 2250. The summed E-state index contributed by atoms with van der Waals surface area (Å²) >= 11 is 0. The molecule has 4 heteroatoms. The van der Waals surface area contributed by atoms with Gasteiger partial charge in [-0.3, -0.25) is 4.98 Å². The molecule has 8 rings (SSSR count). The predicted octanol–water partition coefficient (Wildman–Crippen LogP) is 10.3. The molecule has 2 aromatic heterocycles. The molecule has 2 heterocycles. The van der Waals surface area contributed by atoms with Gasteiger partial charge in [-0.15, -0.1) is 0 Å². The molecule has 6 aromatic carbocycles. The number of nitrogens with zero attached hydrogens (tertiary/aromatic N) is 2. The van der Waals surface area contributed by atoms with E-state index >= 15 is 0 Å². The Hall–Kier alpha value is -5.22. The first-order valence-electron chi connectivity index (χ1n) is 14.5. The Morgan fingerprint density at radius 2 is 1.50 bits per heavy atom. The van der Waals surface area contributed by atoms with Gasteiger partial charge in [0.25, 0.3) is 0 Å². The number of ether oxygens (including phenoxy) is 1. The zero-order valence-corrected chi connectivity index (χ0v) is 23.3. The highest BCUT2D eigenvalue weighted by atomic mass is 16.5. The first-order valence-corrected chi connectivity index (χ1v) is 14.5. The summed E-state index contributed by atoms with van der Waals surface area (Å²) in [5, 5.41) is 8.17. The molecular formula is C38H28N2O2. The van der Waals surface area contributed by atoms with Crippen LogP contribution in [0.5, 0.6) is 5.75 Å². The Morgan fingerprint density at radius 3 is 2.43 bits per heavy atom. The van der Waals surface area contributed by atoms with Crippen LogP contribution in [0.15, 0.2) is 120 Å². The maximum Gasteiger partial charge on any atom is 0.227 e. The lowest BCUT2D eigenvalue weighted by Gasteiger charge is -2.17. The van der Waals surface area contributed by atoms with Gasteiger partial charge in [0.05, 0.1) is 6.61 Å². The number of benzene rings is 6. The molecule has 0 spiro atoms. The minimum Gasteiger partial charge on any atom is -0.491 e. The third-order valence-corrected chi connectivity index (χ3v) is 8.18. The molecule has 0 aliphatic carbocycles. The lowest BCUT2D eigenvalue weighted by Crippen LogP contribution is -1.98. The summed E-state index contributed by atoms with van der Waals surface area (Å²) in [6.07, 6.45) is 3.96. The first kappa shape index (κ1) is 24.6. The van der Waals surface area contributed by atoms with Gasteiger partial charge in [0.15, 0.2) is 5.58 Å². The van der Waals surface area contributed by atoms with Crippen LogP contribution in [0.25, 0.3) is 76.9 Å². The van der Waals surface area contributed by atoms with Gasteiger partial charge in [-0.25, -0.2) is 4.98 Å². The molecule has 0 N–H and O–H groups in total. The van der Waals surface area contributed by atoms with Gasteiger partial charge in [0.1, 0.15) is 16.8 Å². The fraction of sp³-hybridized carbons (Fsp3) is 0.105. The van der Waals surface area contributed by atoms with Crippen LogP contribution < -0.4 is 4.74 Å². The van der Waals surface area contributed by atoms with Crippen LogP contribution in [-0.2, 0) is 0 Å². The van der Waals surface area contributed by atoms with Crippen LogP contribution in [-0.4, -0.2) is 16.6 Å². The molecule has 0 unspecified atom stereocenters. The van der Waals surface area contributed by atoms with Crippen molar-refractivity contribution in [3.8, 4) is 28.3 Å². The van der Waals surface area contributed by atoms with Crippen LogP contribution in [0.4, 0.5) is 0 Å². The fourth-order valence-electron chi connectivity index (χ4n) is 6.18. The lowest BCUT2D eigenvalue weighted by molar-refractivity contribution is 0.312. The van der Waals surface area contributed by atoms with Crippen molar-refractivity contribution in [3.63, 3.8) is 0 Å².